The lowest BCUT2D eigenvalue weighted by atomic mass is 9.69. The molecule has 10 unspecified atom stereocenters. The topological polar surface area (TPSA) is 0 Å². The van der Waals surface area contributed by atoms with Crippen LogP contribution in [0.1, 0.15) is 168 Å². The van der Waals surface area contributed by atoms with E-state index in [2.05, 4.69) is 51.2 Å². The van der Waals surface area contributed by atoms with Gasteiger partial charge in [0, 0.05) is 0 Å². The van der Waals surface area contributed by atoms with Gasteiger partial charge in [-0.1, -0.05) is 150 Å². The predicted molar refractivity (Wildman–Crippen MR) is 214 cm³/mol. The van der Waals surface area contributed by atoms with Crippen LogP contribution < -0.4 is 0 Å². The van der Waals surface area contributed by atoms with Crippen molar-refractivity contribution in [2.24, 2.45) is 59.2 Å². The Morgan fingerprint density at radius 2 is 0.898 bits per heavy atom. The molecular formula is C48H76Si. The molecule has 8 rings (SSSR count). The molecule has 8 aliphatic carbocycles. The lowest BCUT2D eigenvalue weighted by molar-refractivity contribution is 0.196. The van der Waals surface area contributed by atoms with E-state index in [1.165, 1.54) is 89.9 Å². The van der Waals surface area contributed by atoms with Crippen molar-refractivity contribution in [3.63, 3.8) is 0 Å². The van der Waals surface area contributed by atoms with Crippen molar-refractivity contribution in [3.05, 3.63) is 46.6 Å². The van der Waals surface area contributed by atoms with Crippen molar-refractivity contribution in [1.82, 2.24) is 0 Å². The van der Waals surface area contributed by atoms with Crippen LogP contribution in [0, 0.1) is 59.2 Å². The van der Waals surface area contributed by atoms with Gasteiger partial charge in [-0.15, -0.1) is 0 Å². The van der Waals surface area contributed by atoms with Gasteiger partial charge in [0.05, 0.1) is 8.07 Å². The molecule has 0 aromatic heterocycles. The van der Waals surface area contributed by atoms with Gasteiger partial charge < -0.3 is 0 Å². The Labute approximate surface area is 304 Å². The van der Waals surface area contributed by atoms with Crippen molar-refractivity contribution in [2.75, 3.05) is 0 Å². The summed E-state index contributed by atoms with van der Waals surface area (Å²) >= 11 is 0. The van der Waals surface area contributed by atoms with Crippen molar-refractivity contribution < 1.29 is 0 Å². The molecule has 272 valence electrons. The zero-order chi connectivity index (χ0) is 33.5. The second-order valence-electron chi connectivity index (χ2n) is 20.6. The van der Waals surface area contributed by atoms with E-state index < -0.39 is 8.07 Å². The van der Waals surface area contributed by atoms with Crippen LogP contribution in [0.3, 0.4) is 0 Å². The first-order valence-electron chi connectivity index (χ1n) is 22.6. The third kappa shape index (κ3) is 7.26. The summed E-state index contributed by atoms with van der Waals surface area (Å²) in [5.41, 5.74) is 9.19. The Morgan fingerprint density at radius 1 is 0.469 bits per heavy atom. The lowest BCUT2D eigenvalue weighted by Gasteiger charge is -2.50. The summed E-state index contributed by atoms with van der Waals surface area (Å²) in [5, 5.41) is 0. The summed E-state index contributed by atoms with van der Waals surface area (Å²) in [6, 6.07) is 0. The van der Waals surface area contributed by atoms with E-state index in [1.54, 1.807) is 75.4 Å². The van der Waals surface area contributed by atoms with E-state index in [0.29, 0.717) is 0 Å². The molecule has 0 N–H and O–H groups in total. The molecule has 0 aliphatic heterocycles. The standard InChI is InChI=1S/C48H76Si/c1-33-21-25-37(26-22-33)41-17-11-19-43-45(41)31-39(29-35-13-7-5-8-14-35)47(43)49(3,4)48-40(30-36-15-9-6-10-16-36)32-46-42(18-12-20-44(46)48)38-27-23-34(2)24-28-38/h21,23,25,27,35-36,39-48H,5-20,22,24,26,28-32H2,1-4H3. The monoisotopic (exact) mass is 681 g/mol. The van der Waals surface area contributed by atoms with Gasteiger partial charge in [0.15, 0.2) is 0 Å². The molecule has 0 radical (unpaired) electrons. The first-order valence-corrected chi connectivity index (χ1v) is 25.7. The highest BCUT2D eigenvalue weighted by Gasteiger charge is 2.61. The Bertz CT molecular complexity index is 1170. The summed E-state index contributed by atoms with van der Waals surface area (Å²) in [4.78, 5) is 0. The molecule has 0 saturated heterocycles. The number of rotatable bonds is 8. The molecule has 6 saturated carbocycles. The second kappa shape index (κ2) is 15.3. The smallest absolute Gasteiger partial charge is 0.0547 e. The fraction of sp³-hybridized carbons (Fsp3) is 0.833. The molecule has 49 heavy (non-hydrogen) atoms. The molecule has 0 nitrogen and oxygen atoms in total. The van der Waals surface area contributed by atoms with Crippen LogP contribution in [-0.2, 0) is 0 Å². The Morgan fingerprint density at radius 3 is 1.29 bits per heavy atom. The summed E-state index contributed by atoms with van der Waals surface area (Å²) in [7, 11) is -1.59. The second-order valence-corrected chi connectivity index (χ2v) is 25.6. The molecule has 0 bridgehead atoms. The number of hydrogen-bond donors (Lipinski definition) is 0. The molecular weight excluding hydrogens is 605 g/mol. The first kappa shape index (κ1) is 35.2. The zero-order valence-electron chi connectivity index (χ0n) is 32.7. The molecule has 1 heteroatoms. The molecule has 0 heterocycles. The average molecular weight is 681 g/mol. The minimum atomic E-state index is -1.59. The van der Waals surface area contributed by atoms with E-state index in [-0.39, 0.29) is 0 Å². The van der Waals surface area contributed by atoms with Gasteiger partial charge in [0.1, 0.15) is 0 Å². The maximum atomic E-state index is 3.07. The number of hydrogen-bond acceptors (Lipinski definition) is 0. The van der Waals surface area contributed by atoms with Crippen LogP contribution in [0.2, 0.25) is 24.2 Å². The summed E-state index contributed by atoms with van der Waals surface area (Å²) in [5.74, 6) is 10.1. The van der Waals surface area contributed by atoms with E-state index in [1.807, 2.05) is 11.1 Å². The number of allylic oxidation sites excluding steroid dienone is 8. The highest BCUT2D eigenvalue weighted by atomic mass is 28.3. The quantitative estimate of drug-likeness (QED) is 0.224. The van der Waals surface area contributed by atoms with E-state index in [4.69, 9.17) is 0 Å². The molecule has 0 amide bonds. The van der Waals surface area contributed by atoms with Gasteiger partial charge in [0.25, 0.3) is 0 Å². The minimum absolute atomic E-state index is 0.912. The fourth-order valence-electron chi connectivity index (χ4n) is 15.6. The SMILES string of the molecule is CC1=CC=C(C2CCCC3C2CC(CC2CCCCC2)C3[Si](C)(C)C2C(CC3CCCCC3)CC3C(C4=CC=C(C)CC4)CCCC32)CC1. The highest BCUT2D eigenvalue weighted by Crippen LogP contribution is 2.68. The van der Waals surface area contributed by atoms with Gasteiger partial charge in [-0.3, -0.25) is 0 Å². The molecule has 0 aromatic carbocycles. The van der Waals surface area contributed by atoms with Gasteiger partial charge >= 0.3 is 0 Å². The third-order valence-electron chi connectivity index (χ3n) is 17.5. The van der Waals surface area contributed by atoms with Crippen LogP contribution in [0.4, 0.5) is 0 Å². The van der Waals surface area contributed by atoms with Gasteiger partial charge in [-0.2, -0.15) is 0 Å². The Hall–Kier alpha value is -0.823. The molecule has 10 atom stereocenters. The minimum Gasteiger partial charge on any atom is -0.0730 e. The van der Waals surface area contributed by atoms with Crippen LogP contribution in [0.5, 0.6) is 0 Å². The van der Waals surface area contributed by atoms with Crippen molar-refractivity contribution in [3.8, 4) is 0 Å². The Balaban J connectivity index is 1.13. The molecule has 0 spiro atoms. The summed E-state index contributed by atoms with van der Waals surface area (Å²) < 4.78 is 0. The van der Waals surface area contributed by atoms with Crippen molar-refractivity contribution in [2.45, 2.75) is 192 Å². The Kier molecular flexibility index (Phi) is 11.0. The largest absolute Gasteiger partial charge is 0.0730 e. The maximum absolute atomic E-state index is 3.07. The first-order chi connectivity index (χ1) is 23.9. The van der Waals surface area contributed by atoms with Crippen molar-refractivity contribution in [1.29, 1.82) is 0 Å². The van der Waals surface area contributed by atoms with Crippen LogP contribution in [0.15, 0.2) is 46.6 Å². The van der Waals surface area contributed by atoms with E-state index in [0.717, 1.165) is 70.3 Å². The highest BCUT2D eigenvalue weighted by molar-refractivity contribution is 6.80. The van der Waals surface area contributed by atoms with Gasteiger partial charge in [0.2, 0.25) is 0 Å². The average Bonchev–Trinajstić information content (AvgIpc) is 3.68. The summed E-state index contributed by atoms with van der Waals surface area (Å²) in [6.45, 7) is 10.9. The van der Waals surface area contributed by atoms with Crippen LogP contribution in [-0.4, -0.2) is 8.07 Å². The van der Waals surface area contributed by atoms with Crippen LogP contribution >= 0.6 is 0 Å². The van der Waals surface area contributed by atoms with E-state index in [9.17, 15) is 0 Å². The van der Waals surface area contributed by atoms with E-state index >= 15 is 0 Å². The lowest BCUT2D eigenvalue weighted by Crippen LogP contribution is -2.48. The maximum Gasteiger partial charge on any atom is 0.0547 e. The normalized spacial score (nSPS) is 41.0. The molecule has 0 aromatic rings. The molecule has 6 fully saturated rings. The van der Waals surface area contributed by atoms with Gasteiger partial charge in [-0.25, -0.2) is 0 Å². The molecule has 8 aliphatic rings. The van der Waals surface area contributed by atoms with Gasteiger partial charge in [-0.05, 0) is 148 Å². The predicted octanol–water partition coefficient (Wildman–Crippen LogP) is 14.8. The van der Waals surface area contributed by atoms with Crippen molar-refractivity contribution >= 4 is 8.07 Å². The zero-order valence-corrected chi connectivity index (χ0v) is 33.7. The third-order valence-corrected chi connectivity index (χ3v) is 22.7. The van der Waals surface area contributed by atoms with Crippen LogP contribution in [0.25, 0.3) is 0 Å². The fourth-order valence-corrected chi connectivity index (χ4v) is 22.1. The number of fused-ring (bicyclic) bond motifs is 2. The summed E-state index contributed by atoms with van der Waals surface area (Å²) in [6.07, 6.45) is 46.8.